The number of nitrogen functional groups attached to an aromatic ring is 1. The van der Waals surface area contributed by atoms with Crippen LogP contribution < -0.4 is 11.1 Å². The Morgan fingerprint density at radius 3 is 2.50 bits per heavy atom. The van der Waals surface area contributed by atoms with Crippen LogP contribution in [0.2, 0.25) is 0 Å². The third kappa shape index (κ3) is 3.39. The maximum Gasteiger partial charge on any atom is 0.296 e. The lowest BCUT2D eigenvalue weighted by molar-refractivity contribution is 0.483. The van der Waals surface area contributed by atoms with E-state index >= 15 is 0 Å². The van der Waals surface area contributed by atoms with E-state index < -0.39 is 10.1 Å². The molecule has 0 radical (unpaired) electrons. The molecule has 0 saturated carbocycles. The first kappa shape index (κ1) is 12.8. The van der Waals surface area contributed by atoms with Crippen molar-refractivity contribution < 1.29 is 13.0 Å². The highest BCUT2D eigenvalue weighted by molar-refractivity contribution is 7.86. The van der Waals surface area contributed by atoms with Crippen LogP contribution in [0.1, 0.15) is 13.8 Å². The van der Waals surface area contributed by atoms with Crippen LogP contribution in [0.25, 0.3) is 0 Å². The Kier molecular flexibility index (Phi) is 3.77. The predicted molar refractivity (Wildman–Crippen MR) is 64.0 cm³/mol. The van der Waals surface area contributed by atoms with E-state index in [1.807, 2.05) is 0 Å². The Morgan fingerprint density at radius 1 is 1.44 bits per heavy atom. The molecule has 0 fully saturated rings. The molecule has 0 spiro atoms. The maximum atomic E-state index is 10.9. The minimum absolute atomic E-state index is 0.0382. The molecular formula is C10H16N2O3S. The molecule has 16 heavy (non-hydrogen) atoms. The molecule has 0 heterocycles. The zero-order valence-electron chi connectivity index (χ0n) is 9.27. The number of hydrogen-bond donors (Lipinski definition) is 3. The Morgan fingerprint density at radius 2 is 2.06 bits per heavy atom. The predicted octanol–water partition coefficient (Wildman–Crippen LogP) is 1.58. The summed E-state index contributed by atoms with van der Waals surface area (Å²) in [5.74, 6) is 0.475. The second-order valence-corrected chi connectivity index (χ2v) is 5.39. The van der Waals surface area contributed by atoms with Gasteiger partial charge in [0.05, 0.1) is 5.69 Å². The molecule has 4 N–H and O–H groups in total. The average molecular weight is 244 g/mol. The van der Waals surface area contributed by atoms with Crippen LogP contribution in [0.3, 0.4) is 0 Å². The van der Waals surface area contributed by atoms with Crippen molar-refractivity contribution >= 4 is 21.5 Å². The topological polar surface area (TPSA) is 92.4 Å². The molecule has 0 atom stereocenters. The number of benzene rings is 1. The van der Waals surface area contributed by atoms with Gasteiger partial charge in [-0.05, 0) is 24.1 Å². The molecule has 6 heteroatoms. The Bertz CT molecular complexity index is 469. The third-order valence-electron chi connectivity index (χ3n) is 2.00. The Labute approximate surface area is 95.4 Å². The summed E-state index contributed by atoms with van der Waals surface area (Å²) in [5, 5.41) is 3.11. The number of anilines is 2. The van der Waals surface area contributed by atoms with Crippen molar-refractivity contribution in [2.45, 2.75) is 18.7 Å². The van der Waals surface area contributed by atoms with Crippen molar-refractivity contribution in [3.63, 3.8) is 0 Å². The van der Waals surface area contributed by atoms with Gasteiger partial charge in [0, 0.05) is 12.2 Å². The van der Waals surface area contributed by atoms with Gasteiger partial charge in [0.15, 0.2) is 0 Å². The highest BCUT2D eigenvalue weighted by Gasteiger charge is 2.13. The van der Waals surface area contributed by atoms with Crippen LogP contribution in [-0.4, -0.2) is 19.5 Å². The summed E-state index contributed by atoms with van der Waals surface area (Å²) in [6.45, 7) is 4.89. The van der Waals surface area contributed by atoms with Gasteiger partial charge in [0.2, 0.25) is 0 Å². The van der Waals surface area contributed by atoms with Gasteiger partial charge >= 0.3 is 0 Å². The zero-order chi connectivity index (χ0) is 12.3. The van der Waals surface area contributed by atoms with E-state index in [1.165, 1.54) is 12.1 Å². The Hall–Kier alpha value is -1.27. The summed E-state index contributed by atoms with van der Waals surface area (Å²) in [5.41, 5.74) is 6.31. The van der Waals surface area contributed by atoms with Crippen LogP contribution in [-0.2, 0) is 10.1 Å². The first-order valence-corrected chi connectivity index (χ1v) is 6.35. The van der Waals surface area contributed by atoms with Crippen molar-refractivity contribution in [2.75, 3.05) is 17.6 Å². The maximum absolute atomic E-state index is 10.9. The van der Waals surface area contributed by atoms with E-state index in [0.717, 1.165) is 12.2 Å². The van der Waals surface area contributed by atoms with E-state index in [4.69, 9.17) is 10.3 Å². The van der Waals surface area contributed by atoms with Gasteiger partial charge in [0.1, 0.15) is 4.90 Å². The number of nitrogens with one attached hydrogen (secondary N) is 1. The van der Waals surface area contributed by atoms with E-state index in [9.17, 15) is 8.42 Å². The van der Waals surface area contributed by atoms with Crippen LogP contribution in [0.5, 0.6) is 0 Å². The Balaban J connectivity index is 2.92. The van der Waals surface area contributed by atoms with Crippen LogP contribution >= 0.6 is 0 Å². The fourth-order valence-electron chi connectivity index (χ4n) is 1.22. The molecule has 1 aromatic carbocycles. The first-order valence-electron chi connectivity index (χ1n) is 4.91. The van der Waals surface area contributed by atoms with Gasteiger partial charge in [-0.1, -0.05) is 13.8 Å². The second-order valence-electron chi connectivity index (χ2n) is 4.00. The average Bonchev–Trinajstić information content (AvgIpc) is 2.12. The van der Waals surface area contributed by atoms with Crippen LogP contribution in [0, 0.1) is 5.92 Å². The molecule has 90 valence electrons. The van der Waals surface area contributed by atoms with E-state index in [0.29, 0.717) is 5.92 Å². The van der Waals surface area contributed by atoms with Gasteiger partial charge in [-0.15, -0.1) is 0 Å². The van der Waals surface area contributed by atoms with Crippen molar-refractivity contribution in [3.05, 3.63) is 18.2 Å². The molecule has 0 aliphatic carbocycles. The molecule has 0 aliphatic rings. The van der Waals surface area contributed by atoms with Crippen molar-refractivity contribution in [2.24, 2.45) is 5.92 Å². The number of rotatable bonds is 4. The largest absolute Gasteiger partial charge is 0.398 e. The lowest BCUT2D eigenvalue weighted by Gasteiger charge is -2.10. The highest BCUT2D eigenvalue weighted by atomic mass is 32.2. The molecule has 1 rings (SSSR count). The number of hydrogen-bond acceptors (Lipinski definition) is 4. The third-order valence-corrected chi connectivity index (χ3v) is 2.93. The normalized spacial score (nSPS) is 11.8. The van der Waals surface area contributed by atoms with E-state index in [2.05, 4.69) is 19.2 Å². The van der Waals surface area contributed by atoms with Gasteiger partial charge in [-0.25, -0.2) is 0 Å². The minimum Gasteiger partial charge on any atom is -0.398 e. The monoisotopic (exact) mass is 244 g/mol. The molecular weight excluding hydrogens is 228 g/mol. The molecule has 0 saturated heterocycles. The highest BCUT2D eigenvalue weighted by Crippen LogP contribution is 2.22. The summed E-state index contributed by atoms with van der Waals surface area (Å²) < 4.78 is 30.6. The molecule has 1 aromatic rings. The lowest BCUT2D eigenvalue weighted by atomic mass is 10.2. The van der Waals surface area contributed by atoms with Crippen molar-refractivity contribution in [3.8, 4) is 0 Å². The second kappa shape index (κ2) is 4.71. The van der Waals surface area contributed by atoms with Crippen LogP contribution in [0.4, 0.5) is 11.4 Å². The van der Waals surface area contributed by atoms with Gasteiger partial charge in [-0.3, -0.25) is 4.55 Å². The number of nitrogens with two attached hydrogens (primary N) is 1. The summed E-state index contributed by atoms with van der Waals surface area (Å²) in [4.78, 5) is -0.261. The minimum atomic E-state index is -4.23. The van der Waals surface area contributed by atoms with Crippen LogP contribution in [0.15, 0.2) is 23.1 Å². The first-order chi connectivity index (χ1) is 7.30. The standard InChI is InChI=1S/C10H16N2O3S/c1-7(2)6-12-8-3-4-10(9(11)5-8)16(13,14)15/h3-5,7,12H,6,11H2,1-2H3,(H,13,14,15). The van der Waals surface area contributed by atoms with Gasteiger partial charge < -0.3 is 11.1 Å². The van der Waals surface area contributed by atoms with Crippen molar-refractivity contribution in [1.29, 1.82) is 0 Å². The summed E-state index contributed by atoms with van der Waals surface area (Å²) in [7, 11) is -4.23. The summed E-state index contributed by atoms with van der Waals surface area (Å²) >= 11 is 0. The fourth-order valence-corrected chi connectivity index (χ4v) is 1.81. The zero-order valence-corrected chi connectivity index (χ0v) is 10.1. The summed E-state index contributed by atoms with van der Waals surface area (Å²) in [6.07, 6.45) is 0. The smallest absolute Gasteiger partial charge is 0.296 e. The summed E-state index contributed by atoms with van der Waals surface area (Å²) in [6, 6.07) is 4.35. The van der Waals surface area contributed by atoms with Gasteiger partial charge in [-0.2, -0.15) is 8.42 Å². The SMILES string of the molecule is CC(C)CNc1ccc(S(=O)(=O)O)c(N)c1. The molecule has 0 aromatic heterocycles. The van der Waals surface area contributed by atoms with E-state index in [-0.39, 0.29) is 10.6 Å². The van der Waals surface area contributed by atoms with Gasteiger partial charge in [0.25, 0.3) is 10.1 Å². The molecule has 0 bridgehead atoms. The quantitative estimate of drug-likeness (QED) is 0.552. The molecule has 0 unspecified atom stereocenters. The molecule has 0 aliphatic heterocycles. The molecule has 5 nitrogen and oxygen atoms in total. The van der Waals surface area contributed by atoms with E-state index in [1.54, 1.807) is 6.07 Å². The lowest BCUT2D eigenvalue weighted by Crippen LogP contribution is -2.09. The molecule has 0 amide bonds. The van der Waals surface area contributed by atoms with Crippen molar-refractivity contribution in [1.82, 2.24) is 0 Å². The fraction of sp³-hybridized carbons (Fsp3) is 0.400.